The van der Waals surface area contributed by atoms with Crippen molar-refractivity contribution in [1.82, 2.24) is 5.48 Å². The van der Waals surface area contributed by atoms with Crippen molar-refractivity contribution in [3.63, 3.8) is 0 Å². The Balaban J connectivity index is 0. The van der Waals surface area contributed by atoms with Crippen molar-refractivity contribution in [3.05, 3.63) is 0 Å². The number of nitrogens with one attached hydrogen (secondary N) is 1. The Bertz CT molecular complexity index is 283. The maximum atomic E-state index is 10.7. The predicted octanol–water partition coefficient (Wildman–Crippen LogP) is -0.926. The minimum atomic E-state index is -5.09. The van der Waals surface area contributed by atoms with Crippen LogP contribution in [0.15, 0.2) is 0 Å². The number of alkyl halides is 3. The van der Waals surface area contributed by atoms with Gasteiger partial charge in [-0.05, 0) is 0 Å². The number of carbonyl (C=O) groups is 2. The number of nitrogens with two attached hydrogens (primary N) is 1. The van der Waals surface area contributed by atoms with Crippen LogP contribution in [-0.2, 0) is 25.1 Å². The van der Waals surface area contributed by atoms with E-state index in [0.717, 1.165) is 0 Å². The molecule has 0 fully saturated rings. The maximum Gasteiger partial charge on any atom is 0.534 e. The van der Waals surface area contributed by atoms with E-state index in [1.165, 1.54) is 5.48 Å². The molecule has 0 aliphatic carbocycles. The number of carbonyl (C=O) groups excluding carboxylic acids is 2. The smallest absolute Gasteiger partial charge is 0.534 e. The van der Waals surface area contributed by atoms with Gasteiger partial charge in [0.1, 0.15) is 0 Å². The summed E-state index contributed by atoms with van der Waals surface area (Å²) < 4.78 is 52.6. The molecular weight excluding hydrogens is 273 g/mol. The van der Waals surface area contributed by atoms with E-state index in [-0.39, 0.29) is 12.8 Å². The van der Waals surface area contributed by atoms with Gasteiger partial charge in [-0.15, -0.1) is 13.2 Å². The zero-order valence-electron chi connectivity index (χ0n) is 8.02. The lowest BCUT2D eigenvalue weighted by Gasteiger charge is -2.06. The van der Waals surface area contributed by atoms with Gasteiger partial charge in [-0.3, -0.25) is 14.8 Å². The standard InChI is InChI=1S/C4H8N2O3.CHF3O3S/c5-3(7)1-2-4(8)6-9;2-1(3,4)7-8(5)6/h9H,1-2H2,(H2,5,7)(H,6,8);(H,5,6)/p-1. The summed E-state index contributed by atoms with van der Waals surface area (Å²) in [5.74, 6) is -1.16. The predicted molar refractivity (Wildman–Crippen MR) is 44.4 cm³/mol. The van der Waals surface area contributed by atoms with Gasteiger partial charge in [-0.1, -0.05) is 0 Å². The summed E-state index contributed by atoms with van der Waals surface area (Å²) >= 11 is -3.51. The Morgan fingerprint density at radius 2 is 1.88 bits per heavy atom. The zero-order chi connectivity index (χ0) is 14.1. The molecule has 0 spiro atoms. The van der Waals surface area contributed by atoms with Crippen molar-refractivity contribution in [3.8, 4) is 0 Å². The minimum absolute atomic E-state index is 0.0353. The maximum absolute atomic E-state index is 10.7. The average Bonchev–Trinajstić information content (AvgIpc) is 2.10. The molecule has 17 heavy (non-hydrogen) atoms. The summed E-state index contributed by atoms with van der Waals surface area (Å²) in [5.41, 5.74) is 6.07. The summed E-state index contributed by atoms with van der Waals surface area (Å²) in [7, 11) is 0. The summed E-state index contributed by atoms with van der Waals surface area (Å²) in [6, 6.07) is 0. The molecule has 0 rings (SSSR count). The first-order valence-electron chi connectivity index (χ1n) is 3.65. The number of hydrogen-bond acceptors (Lipinski definition) is 6. The number of hydrogen-bond donors (Lipinski definition) is 3. The van der Waals surface area contributed by atoms with Crippen molar-refractivity contribution < 1.29 is 40.9 Å². The lowest BCUT2D eigenvalue weighted by Crippen LogP contribution is -2.21. The SMILES string of the molecule is NC(=O)CCC(=O)NO.O=S([O-])OC(F)(F)F. The van der Waals surface area contributed by atoms with E-state index in [0.29, 0.717) is 0 Å². The van der Waals surface area contributed by atoms with Crippen LogP contribution in [0.2, 0.25) is 0 Å². The van der Waals surface area contributed by atoms with Gasteiger partial charge < -0.3 is 10.3 Å². The Morgan fingerprint density at radius 3 is 2.06 bits per heavy atom. The molecule has 1 unspecified atom stereocenters. The lowest BCUT2D eigenvalue weighted by molar-refractivity contribution is -0.272. The van der Waals surface area contributed by atoms with Crippen molar-refractivity contribution >= 4 is 23.2 Å². The van der Waals surface area contributed by atoms with Crippen LogP contribution in [0.3, 0.4) is 0 Å². The molecule has 12 heteroatoms. The first-order valence-corrected chi connectivity index (χ1v) is 4.65. The molecular formula is C5H8F3N2O6S-. The minimum Gasteiger partial charge on any atom is -0.750 e. The van der Waals surface area contributed by atoms with Crippen molar-refractivity contribution in [2.45, 2.75) is 19.2 Å². The van der Waals surface area contributed by atoms with Gasteiger partial charge in [0.25, 0.3) is 0 Å². The fourth-order valence-electron chi connectivity index (χ4n) is 0.370. The summed E-state index contributed by atoms with van der Waals surface area (Å²) in [5, 5.41) is 7.90. The van der Waals surface area contributed by atoms with E-state index >= 15 is 0 Å². The normalized spacial score (nSPS) is 12.1. The first-order chi connectivity index (χ1) is 7.58. The molecule has 0 aliphatic rings. The fraction of sp³-hybridized carbons (Fsp3) is 0.600. The van der Waals surface area contributed by atoms with E-state index in [1.807, 2.05) is 0 Å². The van der Waals surface area contributed by atoms with E-state index < -0.39 is 29.5 Å². The number of hydroxylamine groups is 1. The van der Waals surface area contributed by atoms with Gasteiger partial charge >= 0.3 is 6.36 Å². The highest BCUT2D eigenvalue weighted by Crippen LogP contribution is 2.16. The Kier molecular flexibility index (Phi) is 9.45. The molecule has 0 aromatic heterocycles. The Hall–Kier alpha value is -1.24. The van der Waals surface area contributed by atoms with Crippen LogP contribution in [0.4, 0.5) is 13.2 Å². The van der Waals surface area contributed by atoms with Crippen LogP contribution in [0.5, 0.6) is 0 Å². The molecule has 0 aromatic rings. The summed E-state index contributed by atoms with van der Waals surface area (Å²) in [4.78, 5) is 20.1. The second-order valence-electron chi connectivity index (χ2n) is 2.23. The zero-order valence-corrected chi connectivity index (χ0v) is 8.84. The molecule has 1 atom stereocenters. The van der Waals surface area contributed by atoms with Gasteiger partial charge in [0.2, 0.25) is 11.8 Å². The molecule has 0 radical (unpaired) electrons. The van der Waals surface area contributed by atoms with Crippen LogP contribution in [-0.4, -0.2) is 32.1 Å². The van der Waals surface area contributed by atoms with Crippen molar-refractivity contribution in [2.75, 3.05) is 0 Å². The Labute approximate surface area is 95.4 Å². The van der Waals surface area contributed by atoms with Gasteiger partial charge in [-0.25, -0.2) is 13.9 Å². The lowest BCUT2D eigenvalue weighted by atomic mass is 10.3. The molecule has 0 heterocycles. The number of primary amides is 1. The van der Waals surface area contributed by atoms with Gasteiger partial charge in [-0.2, -0.15) is 0 Å². The molecule has 102 valence electrons. The molecule has 4 N–H and O–H groups in total. The van der Waals surface area contributed by atoms with E-state index in [4.69, 9.17) is 19.7 Å². The van der Waals surface area contributed by atoms with E-state index in [9.17, 15) is 22.8 Å². The van der Waals surface area contributed by atoms with Crippen LogP contribution in [0.1, 0.15) is 12.8 Å². The summed E-state index contributed by atoms with van der Waals surface area (Å²) in [6.45, 7) is 0. The third-order valence-corrected chi connectivity index (χ3v) is 1.21. The molecule has 0 aliphatic heterocycles. The van der Waals surface area contributed by atoms with E-state index in [2.05, 4.69) is 4.18 Å². The third-order valence-electron chi connectivity index (χ3n) is 0.886. The van der Waals surface area contributed by atoms with Gasteiger partial charge in [0.05, 0.1) is 11.4 Å². The van der Waals surface area contributed by atoms with Crippen molar-refractivity contribution in [2.24, 2.45) is 5.73 Å². The van der Waals surface area contributed by atoms with Gasteiger partial charge in [0, 0.05) is 12.8 Å². The Morgan fingerprint density at radius 1 is 1.41 bits per heavy atom. The molecule has 2 amide bonds. The van der Waals surface area contributed by atoms with Crippen LogP contribution in [0, 0.1) is 0 Å². The highest BCUT2D eigenvalue weighted by molar-refractivity contribution is 7.74. The number of halogens is 3. The monoisotopic (exact) mass is 281 g/mol. The second-order valence-corrected chi connectivity index (χ2v) is 2.81. The topological polar surface area (TPSA) is 142 Å². The van der Waals surface area contributed by atoms with Crippen LogP contribution < -0.4 is 11.2 Å². The van der Waals surface area contributed by atoms with Crippen molar-refractivity contribution in [1.29, 1.82) is 0 Å². The largest absolute Gasteiger partial charge is 0.750 e. The molecule has 0 saturated carbocycles. The molecule has 0 saturated heterocycles. The fourth-order valence-corrected chi connectivity index (χ4v) is 0.524. The molecule has 8 nitrogen and oxygen atoms in total. The first kappa shape index (κ1) is 18.1. The molecule has 0 bridgehead atoms. The highest BCUT2D eigenvalue weighted by atomic mass is 32.2. The van der Waals surface area contributed by atoms with Crippen LogP contribution in [0.25, 0.3) is 0 Å². The second kappa shape index (κ2) is 8.86. The molecule has 0 aromatic carbocycles. The average molecular weight is 281 g/mol. The third kappa shape index (κ3) is 20.8. The van der Waals surface area contributed by atoms with Crippen LogP contribution >= 0.6 is 0 Å². The summed E-state index contributed by atoms with van der Waals surface area (Å²) in [6.07, 6.45) is -5.19. The van der Waals surface area contributed by atoms with Gasteiger partial charge in [0.15, 0.2) is 0 Å². The van der Waals surface area contributed by atoms with E-state index in [1.54, 1.807) is 0 Å². The number of amides is 2. The quantitative estimate of drug-likeness (QED) is 0.345. The highest BCUT2D eigenvalue weighted by Gasteiger charge is 2.30. The number of rotatable bonds is 4.